The molecule has 4 rings (SSSR count). The summed E-state index contributed by atoms with van der Waals surface area (Å²) in [6.45, 7) is 0. The van der Waals surface area contributed by atoms with E-state index in [0.717, 1.165) is 22.3 Å². The molecule has 3 heterocycles. The second-order valence-corrected chi connectivity index (χ2v) is 5.70. The smallest absolute Gasteiger partial charge is 0.226 e. The number of halogens is 1. The van der Waals surface area contributed by atoms with Crippen molar-refractivity contribution < 1.29 is 9.53 Å². The Labute approximate surface area is 142 Å². The van der Waals surface area contributed by atoms with Gasteiger partial charge in [0.05, 0.1) is 6.08 Å². The number of benzene rings is 1. The first-order valence-electron chi connectivity index (χ1n) is 7.29. The minimum Gasteiger partial charge on any atom is -0.437 e. The Kier molecular flexibility index (Phi) is 3.55. The highest BCUT2D eigenvalue weighted by molar-refractivity contribution is 6.30. The highest BCUT2D eigenvalue weighted by atomic mass is 35.5. The monoisotopic (exact) mass is 337 g/mol. The van der Waals surface area contributed by atoms with Crippen LogP contribution in [0.1, 0.15) is 5.56 Å². The Bertz CT molecular complexity index is 987. The number of nitrogens with one attached hydrogen (secondary N) is 2. The van der Waals surface area contributed by atoms with Gasteiger partial charge in [0.15, 0.2) is 5.76 Å². The van der Waals surface area contributed by atoms with Gasteiger partial charge in [0, 0.05) is 34.1 Å². The highest BCUT2D eigenvalue weighted by Crippen LogP contribution is 2.25. The minimum absolute atomic E-state index is 0.190. The standard InChI is InChI=1S/C18H12ClN3O2/c19-12-3-5-13(6-4-12)22-17-9-15(23)16(24-17)8-11-10-21-18-14(11)2-1-7-20-18/h1-10,22H,(H,20,21)/b16-8-. The molecule has 1 aromatic carbocycles. The van der Waals surface area contributed by atoms with E-state index in [1.54, 1.807) is 30.6 Å². The van der Waals surface area contributed by atoms with E-state index in [9.17, 15) is 4.79 Å². The van der Waals surface area contributed by atoms with Crippen LogP contribution in [0.2, 0.25) is 5.02 Å². The first-order chi connectivity index (χ1) is 11.7. The topological polar surface area (TPSA) is 67.0 Å². The van der Waals surface area contributed by atoms with Gasteiger partial charge in [0.1, 0.15) is 5.65 Å². The summed E-state index contributed by atoms with van der Waals surface area (Å²) in [7, 11) is 0. The Morgan fingerprint density at radius 1 is 1.21 bits per heavy atom. The number of carbonyl (C=O) groups is 1. The summed E-state index contributed by atoms with van der Waals surface area (Å²) in [5.41, 5.74) is 2.40. The molecule has 0 saturated carbocycles. The second-order valence-electron chi connectivity index (χ2n) is 5.26. The van der Waals surface area contributed by atoms with Gasteiger partial charge in [-0.1, -0.05) is 11.6 Å². The predicted octanol–water partition coefficient (Wildman–Crippen LogP) is 4.11. The van der Waals surface area contributed by atoms with Gasteiger partial charge in [-0.2, -0.15) is 0 Å². The van der Waals surface area contributed by atoms with Crippen molar-refractivity contribution in [2.45, 2.75) is 0 Å². The Morgan fingerprint density at radius 3 is 2.88 bits per heavy atom. The number of pyridine rings is 1. The molecule has 0 atom stereocenters. The van der Waals surface area contributed by atoms with Crippen molar-refractivity contribution in [2.75, 3.05) is 5.32 Å². The van der Waals surface area contributed by atoms with Crippen LogP contribution in [0.15, 0.2) is 66.5 Å². The molecule has 1 aliphatic rings. The molecule has 0 saturated heterocycles. The van der Waals surface area contributed by atoms with Crippen molar-refractivity contribution in [1.29, 1.82) is 0 Å². The van der Waals surface area contributed by atoms with Crippen LogP contribution in [0.5, 0.6) is 0 Å². The molecule has 2 aromatic heterocycles. The third-order valence-corrected chi connectivity index (χ3v) is 3.86. The third kappa shape index (κ3) is 2.77. The van der Waals surface area contributed by atoms with Crippen LogP contribution in [-0.4, -0.2) is 15.8 Å². The van der Waals surface area contributed by atoms with Crippen molar-refractivity contribution in [1.82, 2.24) is 9.97 Å². The summed E-state index contributed by atoms with van der Waals surface area (Å²) in [6.07, 6.45) is 6.64. The zero-order chi connectivity index (χ0) is 16.5. The summed E-state index contributed by atoms with van der Waals surface area (Å²) in [6, 6.07) is 10.9. The van der Waals surface area contributed by atoms with Crippen LogP contribution >= 0.6 is 11.6 Å². The molecule has 118 valence electrons. The van der Waals surface area contributed by atoms with Gasteiger partial charge < -0.3 is 15.0 Å². The van der Waals surface area contributed by atoms with Gasteiger partial charge in [-0.05, 0) is 42.5 Å². The number of fused-ring (bicyclic) bond motifs is 1. The first-order valence-corrected chi connectivity index (χ1v) is 7.67. The van der Waals surface area contributed by atoms with E-state index in [0.29, 0.717) is 10.9 Å². The number of ether oxygens (including phenoxy) is 1. The van der Waals surface area contributed by atoms with E-state index >= 15 is 0 Å². The predicted molar refractivity (Wildman–Crippen MR) is 93.3 cm³/mol. The lowest BCUT2D eigenvalue weighted by atomic mass is 10.2. The average Bonchev–Trinajstić information content (AvgIpc) is 3.14. The number of aromatic amines is 1. The van der Waals surface area contributed by atoms with Crippen LogP contribution in [0.4, 0.5) is 5.69 Å². The van der Waals surface area contributed by atoms with Crippen molar-refractivity contribution in [2.24, 2.45) is 0 Å². The fraction of sp³-hybridized carbons (Fsp3) is 0. The maximum Gasteiger partial charge on any atom is 0.226 e. The van der Waals surface area contributed by atoms with E-state index in [2.05, 4.69) is 15.3 Å². The number of aromatic nitrogens is 2. The van der Waals surface area contributed by atoms with Crippen molar-refractivity contribution in [3.8, 4) is 0 Å². The molecule has 0 amide bonds. The van der Waals surface area contributed by atoms with Crippen LogP contribution in [0.3, 0.4) is 0 Å². The SMILES string of the molecule is O=C1C=C(Nc2ccc(Cl)cc2)O/C1=C\c1c[nH]c2ncccc12. The van der Waals surface area contributed by atoms with Gasteiger partial charge in [-0.25, -0.2) is 4.98 Å². The van der Waals surface area contributed by atoms with Gasteiger partial charge in [-0.15, -0.1) is 0 Å². The number of ketones is 1. The van der Waals surface area contributed by atoms with E-state index in [4.69, 9.17) is 16.3 Å². The lowest BCUT2D eigenvalue weighted by Gasteiger charge is -2.07. The van der Waals surface area contributed by atoms with E-state index < -0.39 is 0 Å². The molecule has 3 aromatic rings. The summed E-state index contributed by atoms with van der Waals surface area (Å²) < 4.78 is 5.62. The molecule has 0 fully saturated rings. The van der Waals surface area contributed by atoms with Gasteiger partial charge in [-0.3, -0.25) is 4.79 Å². The molecule has 0 aliphatic carbocycles. The Hall–Kier alpha value is -3.05. The average molecular weight is 338 g/mol. The normalized spacial score (nSPS) is 15.6. The summed E-state index contributed by atoms with van der Waals surface area (Å²) in [5.74, 6) is 0.451. The minimum atomic E-state index is -0.190. The van der Waals surface area contributed by atoms with Crippen LogP contribution in [0.25, 0.3) is 17.1 Å². The largest absolute Gasteiger partial charge is 0.437 e. The van der Waals surface area contributed by atoms with Crippen LogP contribution in [0, 0.1) is 0 Å². The summed E-state index contributed by atoms with van der Waals surface area (Å²) in [5, 5.41) is 4.62. The van der Waals surface area contributed by atoms with Crippen molar-refractivity contribution >= 4 is 40.2 Å². The molecule has 6 heteroatoms. The number of carbonyl (C=O) groups excluding carboxylic acids is 1. The molecule has 1 aliphatic heterocycles. The number of hydrogen-bond donors (Lipinski definition) is 2. The molecule has 24 heavy (non-hydrogen) atoms. The van der Waals surface area contributed by atoms with Gasteiger partial charge in [0.2, 0.25) is 11.7 Å². The lowest BCUT2D eigenvalue weighted by Crippen LogP contribution is -1.99. The Balaban J connectivity index is 1.56. The first kappa shape index (κ1) is 14.5. The van der Waals surface area contributed by atoms with Crippen molar-refractivity contribution in [3.05, 3.63) is 77.1 Å². The molecule has 0 unspecified atom stereocenters. The number of allylic oxidation sites excluding steroid dienone is 1. The molecular formula is C18H12ClN3O2. The zero-order valence-corrected chi connectivity index (χ0v) is 13.2. The molecule has 0 bridgehead atoms. The number of anilines is 1. The van der Waals surface area contributed by atoms with E-state index in [1.165, 1.54) is 6.08 Å². The number of hydrogen-bond acceptors (Lipinski definition) is 4. The molecule has 0 spiro atoms. The molecule has 5 nitrogen and oxygen atoms in total. The van der Waals surface area contributed by atoms with E-state index in [1.807, 2.05) is 24.3 Å². The second kappa shape index (κ2) is 5.86. The van der Waals surface area contributed by atoms with Crippen LogP contribution < -0.4 is 5.32 Å². The number of rotatable bonds is 3. The molecular weight excluding hydrogens is 326 g/mol. The number of nitrogens with zero attached hydrogens (tertiary/aromatic N) is 1. The quantitative estimate of drug-likeness (QED) is 0.706. The fourth-order valence-corrected chi connectivity index (χ4v) is 2.59. The van der Waals surface area contributed by atoms with Crippen LogP contribution in [-0.2, 0) is 9.53 Å². The summed E-state index contributed by atoms with van der Waals surface area (Å²) >= 11 is 5.86. The van der Waals surface area contributed by atoms with Gasteiger partial charge >= 0.3 is 0 Å². The zero-order valence-electron chi connectivity index (χ0n) is 12.4. The maximum atomic E-state index is 12.1. The number of H-pyrrole nitrogens is 1. The third-order valence-electron chi connectivity index (χ3n) is 3.61. The maximum absolute atomic E-state index is 12.1. The lowest BCUT2D eigenvalue weighted by molar-refractivity contribution is -0.112. The highest BCUT2D eigenvalue weighted by Gasteiger charge is 2.21. The fourth-order valence-electron chi connectivity index (χ4n) is 2.46. The Morgan fingerprint density at radius 2 is 2.04 bits per heavy atom. The van der Waals surface area contributed by atoms with Crippen molar-refractivity contribution in [3.63, 3.8) is 0 Å². The molecule has 0 radical (unpaired) electrons. The van der Waals surface area contributed by atoms with Gasteiger partial charge in [0.25, 0.3) is 0 Å². The molecule has 2 N–H and O–H groups in total. The van der Waals surface area contributed by atoms with E-state index in [-0.39, 0.29) is 11.5 Å². The summed E-state index contributed by atoms with van der Waals surface area (Å²) in [4.78, 5) is 19.4.